The number of aliphatic imine (C=N–C) groups is 1. The second-order valence-electron chi connectivity index (χ2n) is 5.84. The van der Waals surface area contributed by atoms with Crippen LogP contribution in [-0.4, -0.2) is 49.6 Å². The monoisotopic (exact) mass is 252 g/mol. The number of nitrogens with one attached hydrogen (secondary N) is 2. The number of hydrogen-bond donors (Lipinski definition) is 2. The highest BCUT2D eigenvalue weighted by molar-refractivity contribution is 5.80. The third-order valence-corrected chi connectivity index (χ3v) is 4.29. The number of likely N-dealkylation sites (tertiary alicyclic amines) is 1. The molecule has 1 aliphatic carbocycles. The molecule has 0 spiro atoms. The van der Waals surface area contributed by atoms with Crippen molar-refractivity contribution in [1.29, 1.82) is 0 Å². The van der Waals surface area contributed by atoms with Gasteiger partial charge in [-0.3, -0.25) is 9.89 Å². The summed E-state index contributed by atoms with van der Waals surface area (Å²) in [4.78, 5) is 6.87. The van der Waals surface area contributed by atoms with Crippen LogP contribution in [0.2, 0.25) is 0 Å². The van der Waals surface area contributed by atoms with Gasteiger partial charge in [-0.1, -0.05) is 13.3 Å². The lowest BCUT2D eigenvalue weighted by Gasteiger charge is -2.33. The van der Waals surface area contributed by atoms with Crippen LogP contribution in [-0.2, 0) is 0 Å². The minimum absolute atomic E-state index is 0.644. The van der Waals surface area contributed by atoms with Crippen molar-refractivity contribution in [3.05, 3.63) is 0 Å². The van der Waals surface area contributed by atoms with E-state index in [1.807, 2.05) is 7.05 Å². The highest BCUT2D eigenvalue weighted by atomic mass is 15.2. The predicted octanol–water partition coefficient (Wildman–Crippen LogP) is 1.43. The first kappa shape index (κ1) is 13.7. The fourth-order valence-electron chi connectivity index (χ4n) is 2.70. The molecule has 1 heterocycles. The molecule has 0 radical (unpaired) electrons. The topological polar surface area (TPSA) is 39.7 Å². The van der Waals surface area contributed by atoms with Gasteiger partial charge >= 0.3 is 0 Å². The maximum Gasteiger partial charge on any atom is 0.191 e. The number of rotatable bonds is 4. The summed E-state index contributed by atoms with van der Waals surface area (Å²) in [7, 11) is 1.85. The van der Waals surface area contributed by atoms with E-state index < -0.39 is 0 Å². The molecule has 0 aromatic carbocycles. The number of nitrogens with zero attached hydrogens (tertiary/aromatic N) is 2. The number of hydrogen-bond acceptors (Lipinski definition) is 2. The van der Waals surface area contributed by atoms with Gasteiger partial charge in [0.2, 0.25) is 0 Å². The summed E-state index contributed by atoms with van der Waals surface area (Å²) >= 11 is 0. The average Bonchev–Trinajstić information content (AvgIpc) is 3.06. The van der Waals surface area contributed by atoms with Gasteiger partial charge in [0.05, 0.1) is 0 Å². The van der Waals surface area contributed by atoms with Gasteiger partial charge in [-0.25, -0.2) is 0 Å². The highest BCUT2D eigenvalue weighted by Crippen LogP contribution is 2.28. The molecule has 0 aromatic rings. The quantitative estimate of drug-likeness (QED) is 0.587. The molecule has 104 valence electrons. The Morgan fingerprint density at radius 1 is 1.33 bits per heavy atom. The molecule has 18 heavy (non-hydrogen) atoms. The smallest absolute Gasteiger partial charge is 0.191 e. The van der Waals surface area contributed by atoms with E-state index in [0.717, 1.165) is 31.0 Å². The molecular formula is C14H28N4. The standard InChI is InChI=1S/C14H28N4/c1-11-10-13(11)17-14(15-3)16-7-9-18-8-5-4-6-12(18)2/h11-13H,4-10H2,1-3H3,(H2,15,16,17). The molecule has 2 aliphatic rings. The summed E-state index contributed by atoms with van der Waals surface area (Å²) in [6, 6.07) is 1.39. The lowest BCUT2D eigenvalue weighted by molar-refractivity contribution is 0.163. The van der Waals surface area contributed by atoms with Crippen LogP contribution in [0.3, 0.4) is 0 Å². The van der Waals surface area contributed by atoms with E-state index in [2.05, 4.69) is 34.4 Å². The van der Waals surface area contributed by atoms with Gasteiger partial charge < -0.3 is 10.6 Å². The van der Waals surface area contributed by atoms with E-state index in [4.69, 9.17) is 0 Å². The molecule has 2 N–H and O–H groups in total. The van der Waals surface area contributed by atoms with Crippen LogP contribution < -0.4 is 10.6 Å². The van der Waals surface area contributed by atoms with Gasteiger partial charge in [-0.05, 0) is 38.6 Å². The van der Waals surface area contributed by atoms with Crippen LogP contribution in [0.25, 0.3) is 0 Å². The summed E-state index contributed by atoms with van der Waals surface area (Å²) in [5, 5.41) is 6.89. The van der Waals surface area contributed by atoms with E-state index in [0.29, 0.717) is 6.04 Å². The molecule has 3 atom stereocenters. The van der Waals surface area contributed by atoms with Gasteiger partial charge in [-0.15, -0.1) is 0 Å². The predicted molar refractivity (Wildman–Crippen MR) is 77.0 cm³/mol. The molecule has 0 aromatic heterocycles. The molecule has 1 saturated heterocycles. The first-order chi connectivity index (χ1) is 8.70. The van der Waals surface area contributed by atoms with Crippen LogP contribution in [0, 0.1) is 5.92 Å². The lowest BCUT2D eigenvalue weighted by atomic mass is 10.0. The Balaban J connectivity index is 1.63. The van der Waals surface area contributed by atoms with Crippen molar-refractivity contribution in [2.45, 2.75) is 51.6 Å². The molecular weight excluding hydrogens is 224 g/mol. The van der Waals surface area contributed by atoms with E-state index in [1.165, 1.54) is 32.2 Å². The van der Waals surface area contributed by atoms with Crippen molar-refractivity contribution < 1.29 is 0 Å². The minimum atomic E-state index is 0.644. The second-order valence-corrected chi connectivity index (χ2v) is 5.84. The molecule has 2 fully saturated rings. The third-order valence-electron chi connectivity index (χ3n) is 4.29. The SMILES string of the molecule is CN=C(NCCN1CCCCC1C)NC1CC1C. The Kier molecular flexibility index (Phi) is 4.87. The van der Waals surface area contributed by atoms with Gasteiger partial charge in [-0.2, -0.15) is 0 Å². The maximum atomic E-state index is 4.28. The van der Waals surface area contributed by atoms with Crippen molar-refractivity contribution in [3.63, 3.8) is 0 Å². The van der Waals surface area contributed by atoms with Crippen molar-refractivity contribution in [3.8, 4) is 0 Å². The number of guanidine groups is 1. The largest absolute Gasteiger partial charge is 0.355 e. The fourth-order valence-corrected chi connectivity index (χ4v) is 2.70. The van der Waals surface area contributed by atoms with Crippen LogP contribution in [0.4, 0.5) is 0 Å². The summed E-state index contributed by atoms with van der Waals surface area (Å²) in [6.45, 7) is 8.00. The lowest BCUT2D eigenvalue weighted by Crippen LogP contribution is -2.45. The Morgan fingerprint density at radius 2 is 2.11 bits per heavy atom. The van der Waals surface area contributed by atoms with E-state index in [9.17, 15) is 0 Å². The van der Waals surface area contributed by atoms with Gasteiger partial charge in [0.15, 0.2) is 5.96 Å². The van der Waals surface area contributed by atoms with E-state index >= 15 is 0 Å². The first-order valence-corrected chi connectivity index (χ1v) is 7.42. The molecule has 1 aliphatic heterocycles. The molecule has 3 unspecified atom stereocenters. The summed E-state index contributed by atoms with van der Waals surface area (Å²) in [6.07, 6.45) is 5.39. The normalized spacial score (nSPS) is 33.3. The zero-order valence-corrected chi connectivity index (χ0v) is 12.1. The van der Waals surface area contributed by atoms with Crippen molar-refractivity contribution in [2.24, 2.45) is 10.9 Å². The van der Waals surface area contributed by atoms with Crippen molar-refractivity contribution >= 4 is 5.96 Å². The Hall–Kier alpha value is -0.770. The third kappa shape index (κ3) is 3.87. The van der Waals surface area contributed by atoms with Crippen LogP contribution in [0.1, 0.15) is 39.5 Å². The van der Waals surface area contributed by atoms with Crippen LogP contribution in [0.5, 0.6) is 0 Å². The van der Waals surface area contributed by atoms with E-state index in [1.54, 1.807) is 0 Å². The maximum absolute atomic E-state index is 4.28. The zero-order valence-electron chi connectivity index (χ0n) is 12.1. The molecule has 4 heteroatoms. The van der Waals surface area contributed by atoms with Crippen molar-refractivity contribution in [2.75, 3.05) is 26.7 Å². The summed E-state index contributed by atoms with van der Waals surface area (Å²) < 4.78 is 0. The van der Waals surface area contributed by atoms with E-state index in [-0.39, 0.29) is 0 Å². The summed E-state index contributed by atoms with van der Waals surface area (Å²) in [5.41, 5.74) is 0. The van der Waals surface area contributed by atoms with Crippen LogP contribution in [0.15, 0.2) is 4.99 Å². The molecule has 0 amide bonds. The summed E-state index contributed by atoms with van der Waals surface area (Å²) in [5.74, 6) is 1.78. The van der Waals surface area contributed by atoms with Gasteiger partial charge in [0, 0.05) is 32.2 Å². The molecule has 1 saturated carbocycles. The first-order valence-electron chi connectivity index (χ1n) is 7.42. The Morgan fingerprint density at radius 3 is 2.72 bits per heavy atom. The second kappa shape index (κ2) is 6.41. The van der Waals surface area contributed by atoms with Crippen molar-refractivity contribution in [1.82, 2.24) is 15.5 Å². The Labute approximate surface area is 111 Å². The fraction of sp³-hybridized carbons (Fsp3) is 0.929. The molecule has 4 nitrogen and oxygen atoms in total. The Bertz CT molecular complexity index is 290. The minimum Gasteiger partial charge on any atom is -0.355 e. The number of piperidine rings is 1. The van der Waals surface area contributed by atoms with Crippen LogP contribution >= 0.6 is 0 Å². The highest BCUT2D eigenvalue weighted by Gasteiger charge is 2.33. The molecule has 2 rings (SSSR count). The zero-order chi connectivity index (χ0) is 13.0. The van der Waals surface area contributed by atoms with Gasteiger partial charge in [0.1, 0.15) is 0 Å². The molecule has 0 bridgehead atoms. The van der Waals surface area contributed by atoms with Gasteiger partial charge in [0.25, 0.3) is 0 Å². The average molecular weight is 252 g/mol.